The molecule has 3 amide bonds. The second-order valence-corrected chi connectivity index (χ2v) is 15.4. The minimum absolute atomic E-state index is 0.00343. The summed E-state index contributed by atoms with van der Waals surface area (Å²) in [6.07, 6.45) is -5.18. The zero-order valence-electron chi connectivity index (χ0n) is 32.2. The van der Waals surface area contributed by atoms with Gasteiger partial charge in [0.25, 0.3) is 11.8 Å². The van der Waals surface area contributed by atoms with E-state index in [9.17, 15) is 40.7 Å². The Kier molecular flexibility index (Phi) is 14.2. The van der Waals surface area contributed by atoms with E-state index in [1.54, 1.807) is 48.5 Å². The zero-order valence-corrected chi connectivity index (χ0v) is 33.7. The molecule has 2 bridgehead atoms. The van der Waals surface area contributed by atoms with Crippen molar-refractivity contribution in [2.75, 3.05) is 17.2 Å². The van der Waals surface area contributed by atoms with E-state index >= 15 is 0 Å². The molecule has 0 saturated carbocycles. The second kappa shape index (κ2) is 19.3. The summed E-state index contributed by atoms with van der Waals surface area (Å²) in [6, 6.07) is 28.5. The van der Waals surface area contributed by atoms with Crippen LogP contribution in [0.3, 0.4) is 0 Å². The standard InChI is InChI=1S/C30H29Cl2F3N4O2.C14H11F3N2O/c31-20-9-8-18(26(32)13-20)17-39-23-10-11-24(39)15-22(14-23)38-28(40)16-36-29(41)25-6-1-2-7-27(25)37-21-5-3-4-19(12-21)30(33,34)35;15-14(16,17)9-4-3-5-10(8-9)19-12-7-2-1-6-11(12)13(18)20/h1-9,12-13,22-24,37H,10-11,14-17H2,(H,36,41)(H,38,40);1-8,19H,(H2,18,20). The quantitative estimate of drug-likeness (QED) is 0.0841. The first-order valence-corrected chi connectivity index (χ1v) is 19.8. The van der Waals surface area contributed by atoms with Gasteiger partial charge < -0.3 is 27.0 Å². The molecule has 2 unspecified atom stereocenters. The molecule has 2 aliphatic heterocycles. The lowest BCUT2D eigenvalue weighted by atomic mass is 9.96. The Balaban J connectivity index is 0.000000260. The van der Waals surface area contributed by atoms with Crippen LogP contribution in [0, 0.1) is 0 Å². The van der Waals surface area contributed by atoms with Crippen molar-refractivity contribution in [3.8, 4) is 0 Å². The molecule has 2 fully saturated rings. The Morgan fingerprint density at radius 1 is 0.672 bits per heavy atom. The van der Waals surface area contributed by atoms with Crippen molar-refractivity contribution >= 4 is 63.7 Å². The van der Waals surface area contributed by atoms with Crippen LogP contribution >= 0.6 is 23.2 Å². The number of nitrogens with zero attached hydrogens (tertiary/aromatic N) is 1. The van der Waals surface area contributed by atoms with Gasteiger partial charge >= 0.3 is 12.4 Å². The fourth-order valence-electron chi connectivity index (χ4n) is 7.49. The number of amides is 3. The smallest absolute Gasteiger partial charge is 0.366 e. The van der Waals surface area contributed by atoms with Crippen LogP contribution in [0.15, 0.2) is 115 Å². The molecule has 5 aromatic carbocycles. The van der Waals surface area contributed by atoms with Gasteiger partial charge in [0.1, 0.15) is 0 Å². The van der Waals surface area contributed by atoms with Crippen LogP contribution in [0.5, 0.6) is 0 Å². The highest BCUT2D eigenvalue weighted by Crippen LogP contribution is 2.38. The van der Waals surface area contributed by atoms with Crippen molar-refractivity contribution < 1.29 is 40.7 Å². The molecule has 2 aliphatic rings. The van der Waals surface area contributed by atoms with Crippen molar-refractivity contribution in [3.63, 3.8) is 0 Å². The van der Waals surface area contributed by atoms with Gasteiger partial charge in [0.15, 0.2) is 0 Å². The Labute approximate surface area is 357 Å². The summed E-state index contributed by atoms with van der Waals surface area (Å²) in [7, 11) is 0. The van der Waals surface area contributed by atoms with Crippen LogP contribution in [0.25, 0.3) is 0 Å². The van der Waals surface area contributed by atoms with E-state index < -0.39 is 35.3 Å². The number of hydrogen-bond donors (Lipinski definition) is 5. The summed E-state index contributed by atoms with van der Waals surface area (Å²) in [5.74, 6) is -1.45. The monoisotopic (exact) mass is 884 g/mol. The van der Waals surface area contributed by atoms with Gasteiger partial charge in [-0.15, -0.1) is 0 Å². The topological polar surface area (TPSA) is 129 Å². The number of carbonyl (C=O) groups is 3. The fourth-order valence-corrected chi connectivity index (χ4v) is 7.95. The lowest BCUT2D eigenvalue weighted by Gasteiger charge is -2.39. The molecule has 61 heavy (non-hydrogen) atoms. The lowest BCUT2D eigenvalue weighted by molar-refractivity contribution is -0.138. The first kappa shape index (κ1) is 44.8. The number of hydrogen-bond acceptors (Lipinski definition) is 6. The fraction of sp³-hybridized carbons (Fsp3) is 0.250. The van der Waals surface area contributed by atoms with Crippen LogP contribution in [-0.2, 0) is 23.7 Å². The number of carbonyl (C=O) groups excluding carboxylic acids is 3. The molecule has 0 aromatic heterocycles. The molecular weight excluding hydrogens is 845 g/mol. The van der Waals surface area contributed by atoms with Crippen LogP contribution in [0.1, 0.15) is 63.1 Å². The highest BCUT2D eigenvalue weighted by molar-refractivity contribution is 6.35. The number of nitrogens with one attached hydrogen (secondary N) is 4. The number of piperidine rings is 1. The molecule has 0 radical (unpaired) electrons. The second-order valence-electron chi connectivity index (χ2n) is 14.6. The molecule has 6 N–H and O–H groups in total. The molecule has 5 aromatic rings. The number of halogens is 8. The average molecular weight is 886 g/mol. The van der Waals surface area contributed by atoms with E-state index in [1.807, 2.05) is 12.1 Å². The average Bonchev–Trinajstić information content (AvgIpc) is 3.44. The van der Waals surface area contributed by atoms with Gasteiger partial charge in [0, 0.05) is 46.1 Å². The third-order valence-corrected chi connectivity index (χ3v) is 10.9. The third-order valence-electron chi connectivity index (χ3n) is 10.3. The minimum Gasteiger partial charge on any atom is -0.366 e. The van der Waals surface area contributed by atoms with Crippen molar-refractivity contribution in [1.29, 1.82) is 0 Å². The minimum atomic E-state index is -4.48. The Morgan fingerprint density at radius 2 is 1.20 bits per heavy atom. The molecular formula is C44H40Cl2F6N6O3. The first-order valence-electron chi connectivity index (χ1n) is 19.1. The molecule has 9 nitrogen and oxygen atoms in total. The van der Waals surface area contributed by atoms with Gasteiger partial charge in [-0.25, -0.2) is 0 Å². The summed E-state index contributed by atoms with van der Waals surface area (Å²) in [5, 5.41) is 12.6. The van der Waals surface area contributed by atoms with E-state index in [-0.39, 0.29) is 41.0 Å². The number of nitrogens with two attached hydrogens (primary N) is 1. The Hall–Kier alpha value is -5.77. The van der Waals surface area contributed by atoms with Gasteiger partial charge in [-0.3, -0.25) is 19.3 Å². The van der Waals surface area contributed by atoms with Crippen molar-refractivity contribution in [2.24, 2.45) is 5.73 Å². The van der Waals surface area contributed by atoms with E-state index in [0.29, 0.717) is 33.5 Å². The Morgan fingerprint density at radius 3 is 1.72 bits per heavy atom. The lowest BCUT2D eigenvalue weighted by Crippen LogP contribution is -2.51. The number of anilines is 4. The molecule has 0 spiro atoms. The SMILES string of the molecule is NC(=O)c1ccccc1Nc1cccc(C(F)(F)F)c1.O=C(CNC(=O)c1ccccc1Nc1cccc(C(F)(F)F)c1)NC1CC2CCC(C1)N2Cc1ccc(Cl)cc1Cl. The molecule has 7 rings (SSSR count). The van der Waals surface area contributed by atoms with Crippen LogP contribution in [0.4, 0.5) is 49.1 Å². The highest BCUT2D eigenvalue weighted by Gasteiger charge is 2.41. The molecule has 2 atom stereocenters. The van der Waals surface area contributed by atoms with E-state index in [0.717, 1.165) is 62.1 Å². The Bertz CT molecular complexity index is 2370. The number of rotatable bonds is 11. The summed E-state index contributed by atoms with van der Waals surface area (Å²) >= 11 is 12.4. The van der Waals surface area contributed by atoms with Gasteiger partial charge in [-0.05, 0) is 104 Å². The molecule has 2 saturated heterocycles. The number of fused-ring (bicyclic) bond motifs is 2. The van der Waals surface area contributed by atoms with Crippen molar-refractivity contribution in [2.45, 2.75) is 62.7 Å². The maximum absolute atomic E-state index is 13.1. The maximum atomic E-state index is 13.1. The van der Waals surface area contributed by atoms with Gasteiger partial charge in [0.05, 0.1) is 40.2 Å². The summed E-state index contributed by atoms with van der Waals surface area (Å²) < 4.78 is 77.1. The number of benzene rings is 5. The maximum Gasteiger partial charge on any atom is 0.416 e. The summed E-state index contributed by atoms with van der Waals surface area (Å²) in [6.45, 7) is 0.517. The largest absolute Gasteiger partial charge is 0.416 e. The van der Waals surface area contributed by atoms with Crippen molar-refractivity contribution in [3.05, 3.63) is 153 Å². The highest BCUT2D eigenvalue weighted by atomic mass is 35.5. The molecule has 320 valence electrons. The van der Waals surface area contributed by atoms with E-state index in [1.165, 1.54) is 30.3 Å². The van der Waals surface area contributed by atoms with E-state index in [2.05, 4.69) is 26.2 Å². The number of para-hydroxylation sites is 2. The molecule has 0 aliphatic carbocycles. The summed E-state index contributed by atoms with van der Waals surface area (Å²) in [4.78, 5) is 39.4. The number of alkyl halides is 6. The molecule has 17 heteroatoms. The van der Waals surface area contributed by atoms with Gasteiger partial charge in [-0.2, -0.15) is 26.3 Å². The molecule has 2 heterocycles. The normalized spacial score (nSPS) is 17.4. The van der Waals surface area contributed by atoms with Crippen molar-refractivity contribution in [1.82, 2.24) is 15.5 Å². The van der Waals surface area contributed by atoms with Gasteiger partial charge in [-0.1, -0.05) is 65.7 Å². The van der Waals surface area contributed by atoms with E-state index in [4.69, 9.17) is 28.9 Å². The van der Waals surface area contributed by atoms with Crippen LogP contribution in [-0.4, -0.2) is 47.3 Å². The summed E-state index contributed by atoms with van der Waals surface area (Å²) in [5.41, 5.74) is 6.21. The predicted octanol–water partition coefficient (Wildman–Crippen LogP) is 10.3. The van der Waals surface area contributed by atoms with Gasteiger partial charge in [0.2, 0.25) is 5.91 Å². The third kappa shape index (κ3) is 12.0. The van der Waals surface area contributed by atoms with Crippen LogP contribution in [0.2, 0.25) is 10.0 Å². The zero-order chi connectivity index (χ0) is 43.9. The number of primary amides is 1. The first-order chi connectivity index (χ1) is 28.9. The predicted molar refractivity (Wildman–Crippen MR) is 223 cm³/mol. The van der Waals surface area contributed by atoms with Crippen LogP contribution < -0.4 is 27.0 Å².